The summed E-state index contributed by atoms with van der Waals surface area (Å²) in [6.07, 6.45) is 1.04. The molecule has 96 valence electrons. The lowest BCUT2D eigenvalue weighted by molar-refractivity contribution is -0.135. The summed E-state index contributed by atoms with van der Waals surface area (Å²) in [7, 11) is -3.47. The number of amides is 1. The molecule has 0 fully saturated rings. The molecule has 5 nitrogen and oxygen atoms in total. The van der Waals surface area contributed by atoms with Crippen LogP contribution in [0, 0.1) is 0 Å². The van der Waals surface area contributed by atoms with E-state index in [9.17, 15) is 13.2 Å². The maximum absolute atomic E-state index is 12.1. The monoisotopic (exact) mass is 251 g/mol. The maximum atomic E-state index is 12.1. The van der Waals surface area contributed by atoms with Gasteiger partial charge in [0.1, 0.15) is 4.75 Å². The van der Waals surface area contributed by atoms with Gasteiger partial charge in [0.05, 0.1) is 6.61 Å². The first-order valence-corrected chi connectivity index (χ1v) is 7.06. The van der Waals surface area contributed by atoms with Crippen molar-refractivity contribution in [1.82, 2.24) is 4.90 Å². The predicted molar refractivity (Wildman–Crippen MR) is 62.9 cm³/mol. The van der Waals surface area contributed by atoms with Crippen LogP contribution in [0.2, 0.25) is 0 Å². The Kier molecular flexibility index (Phi) is 4.94. The summed E-state index contributed by atoms with van der Waals surface area (Å²) in [5.74, 6) is -0.473. The van der Waals surface area contributed by atoms with Gasteiger partial charge < -0.3 is 10.0 Å². The fourth-order valence-electron chi connectivity index (χ4n) is 1.21. The first-order chi connectivity index (χ1) is 7.05. The standard InChI is InChI=1S/C10H21NO4S/c1-8(2)11(6-7-12)9(13)10(3,4)16(5,14)15/h8,12H,6-7H2,1-5H3. The van der Waals surface area contributed by atoms with Gasteiger partial charge in [0.15, 0.2) is 9.84 Å². The minimum atomic E-state index is -3.47. The van der Waals surface area contributed by atoms with Gasteiger partial charge in [0, 0.05) is 18.8 Å². The van der Waals surface area contributed by atoms with E-state index in [2.05, 4.69) is 0 Å². The third kappa shape index (κ3) is 3.18. The van der Waals surface area contributed by atoms with Crippen LogP contribution in [0.15, 0.2) is 0 Å². The molecule has 0 heterocycles. The fraction of sp³-hybridized carbons (Fsp3) is 0.900. The second-order valence-electron chi connectivity index (χ2n) is 4.60. The lowest BCUT2D eigenvalue weighted by Gasteiger charge is -2.33. The third-order valence-corrected chi connectivity index (χ3v) is 4.70. The van der Waals surface area contributed by atoms with Crippen molar-refractivity contribution in [2.75, 3.05) is 19.4 Å². The molecule has 0 aromatic carbocycles. The molecule has 0 aromatic rings. The van der Waals surface area contributed by atoms with Crippen molar-refractivity contribution in [1.29, 1.82) is 0 Å². The highest BCUT2D eigenvalue weighted by Crippen LogP contribution is 2.19. The number of nitrogens with zero attached hydrogens (tertiary/aromatic N) is 1. The minimum Gasteiger partial charge on any atom is -0.395 e. The Morgan fingerprint density at radius 1 is 1.38 bits per heavy atom. The van der Waals surface area contributed by atoms with Gasteiger partial charge in [-0.25, -0.2) is 8.42 Å². The quantitative estimate of drug-likeness (QED) is 0.748. The van der Waals surface area contributed by atoms with Crippen molar-refractivity contribution in [3.05, 3.63) is 0 Å². The average molecular weight is 251 g/mol. The van der Waals surface area contributed by atoms with Crippen LogP contribution in [0.25, 0.3) is 0 Å². The van der Waals surface area contributed by atoms with E-state index in [-0.39, 0.29) is 19.2 Å². The maximum Gasteiger partial charge on any atom is 0.243 e. The summed E-state index contributed by atoms with van der Waals surface area (Å²) >= 11 is 0. The molecular formula is C10H21NO4S. The van der Waals surface area contributed by atoms with Crippen LogP contribution in [-0.2, 0) is 14.6 Å². The number of carbonyl (C=O) groups is 1. The van der Waals surface area contributed by atoms with E-state index in [1.165, 1.54) is 18.7 Å². The van der Waals surface area contributed by atoms with Gasteiger partial charge in [-0.05, 0) is 27.7 Å². The Labute approximate surface area is 97.4 Å². The van der Waals surface area contributed by atoms with Gasteiger partial charge in [-0.2, -0.15) is 0 Å². The average Bonchev–Trinajstić information content (AvgIpc) is 2.10. The number of rotatable bonds is 5. The van der Waals surface area contributed by atoms with Crippen molar-refractivity contribution in [3.8, 4) is 0 Å². The number of hydrogen-bond acceptors (Lipinski definition) is 4. The number of aliphatic hydroxyl groups excluding tert-OH is 1. The molecule has 0 saturated carbocycles. The SMILES string of the molecule is CC(C)N(CCO)C(=O)C(C)(C)S(C)(=O)=O. The molecule has 0 aliphatic rings. The van der Waals surface area contributed by atoms with E-state index in [0.717, 1.165) is 6.26 Å². The van der Waals surface area contributed by atoms with Crippen molar-refractivity contribution < 1.29 is 18.3 Å². The smallest absolute Gasteiger partial charge is 0.243 e. The number of sulfone groups is 1. The topological polar surface area (TPSA) is 74.7 Å². The first kappa shape index (κ1) is 15.4. The van der Waals surface area contributed by atoms with Crippen molar-refractivity contribution in [2.45, 2.75) is 38.5 Å². The van der Waals surface area contributed by atoms with Crippen LogP contribution in [0.4, 0.5) is 0 Å². The largest absolute Gasteiger partial charge is 0.395 e. The second-order valence-corrected chi connectivity index (χ2v) is 7.16. The number of carbonyl (C=O) groups excluding carboxylic acids is 1. The van der Waals surface area contributed by atoms with Crippen LogP contribution in [0.3, 0.4) is 0 Å². The summed E-state index contributed by atoms with van der Waals surface area (Å²) in [4.78, 5) is 13.5. The van der Waals surface area contributed by atoms with E-state index < -0.39 is 20.5 Å². The van der Waals surface area contributed by atoms with E-state index in [4.69, 9.17) is 5.11 Å². The van der Waals surface area contributed by atoms with Crippen molar-refractivity contribution in [2.24, 2.45) is 0 Å². The Morgan fingerprint density at radius 3 is 2.06 bits per heavy atom. The molecule has 0 radical (unpaired) electrons. The molecule has 0 bridgehead atoms. The summed E-state index contributed by atoms with van der Waals surface area (Å²) in [6.45, 7) is 6.31. The third-order valence-electron chi connectivity index (χ3n) is 2.67. The van der Waals surface area contributed by atoms with E-state index in [1.54, 1.807) is 13.8 Å². The van der Waals surface area contributed by atoms with Crippen LogP contribution in [0.1, 0.15) is 27.7 Å². The zero-order chi connectivity index (χ0) is 13.1. The van der Waals surface area contributed by atoms with Crippen molar-refractivity contribution >= 4 is 15.7 Å². The summed E-state index contributed by atoms with van der Waals surface area (Å²) < 4.78 is 21.6. The Balaban J connectivity index is 5.16. The van der Waals surface area contributed by atoms with Gasteiger partial charge in [0.2, 0.25) is 5.91 Å². The summed E-state index contributed by atoms with van der Waals surface area (Å²) in [5, 5.41) is 8.86. The molecule has 0 aliphatic heterocycles. The summed E-state index contributed by atoms with van der Waals surface area (Å²) in [5.41, 5.74) is 0. The molecule has 0 rings (SSSR count). The molecule has 16 heavy (non-hydrogen) atoms. The van der Waals surface area contributed by atoms with Gasteiger partial charge in [-0.1, -0.05) is 0 Å². The lowest BCUT2D eigenvalue weighted by atomic mass is 10.1. The molecule has 6 heteroatoms. The fourth-order valence-corrected chi connectivity index (χ4v) is 1.64. The highest BCUT2D eigenvalue weighted by Gasteiger charge is 2.41. The number of aliphatic hydroxyl groups is 1. The first-order valence-electron chi connectivity index (χ1n) is 5.17. The van der Waals surface area contributed by atoms with Crippen molar-refractivity contribution in [3.63, 3.8) is 0 Å². The van der Waals surface area contributed by atoms with Gasteiger partial charge in [-0.3, -0.25) is 4.79 Å². The normalized spacial score (nSPS) is 12.9. The zero-order valence-corrected chi connectivity index (χ0v) is 11.3. The zero-order valence-electron chi connectivity index (χ0n) is 10.5. The minimum absolute atomic E-state index is 0.138. The molecule has 0 aliphatic carbocycles. The Bertz CT molecular complexity index is 346. The molecule has 0 saturated heterocycles. The van der Waals surface area contributed by atoms with Gasteiger partial charge >= 0.3 is 0 Å². The van der Waals surface area contributed by atoms with Crippen LogP contribution >= 0.6 is 0 Å². The molecule has 0 aromatic heterocycles. The van der Waals surface area contributed by atoms with Crippen LogP contribution in [-0.4, -0.2) is 54.5 Å². The van der Waals surface area contributed by atoms with Crippen LogP contribution < -0.4 is 0 Å². The molecule has 0 unspecified atom stereocenters. The molecule has 0 spiro atoms. The van der Waals surface area contributed by atoms with E-state index in [0.29, 0.717) is 0 Å². The Hall–Kier alpha value is -0.620. The molecular weight excluding hydrogens is 230 g/mol. The molecule has 0 atom stereocenters. The Morgan fingerprint density at radius 2 is 1.81 bits per heavy atom. The predicted octanol–water partition coefficient (Wildman–Crippen LogP) is 0.0389. The highest BCUT2D eigenvalue weighted by atomic mass is 32.2. The van der Waals surface area contributed by atoms with Gasteiger partial charge in [0.25, 0.3) is 0 Å². The summed E-state index contributed by atoms with van der Waals surface area (Å²) in [6, 6.07) is -0.138. The van der Waals surface area contributed by atoms with Gasteiger partial charge in [-0.15, -0.1) is 0 Å². The second kappa shape index (κ2) is 5.14. The lowest BCUT2D eigenvalue weighted by Crippen LogP contribution is -2.52. The molecule has 1 N–H and O–H groups in total. The van der Waals surface area contributed by atoms with E-state index in [1.807, 2.05) is 0 Å². The number of hydrogen-bond donors (Lipinski definition) is 1. The highest BCUT2D eigenvalue weighted by molar-refractivity contribution is 7.92. The molecule has 1 amide bonds. The van der Waals surface area contributed by atoms with Crippen LogP contribution in [0.5, 0.6) is 0 Å². The van der Waals surface area contributed by atoms with E-state index >= 15 is 0 Å².